The predicted molar refractivity (Wildman–Crippen MR) is 100 cm³/mol. The van der Waals surface area contributed by atoms with E-state index in [0.717, 1.165) is 35.2 Å². The van der Waals surface area contributed by atoms with Crippen LogP contribution in [0.15, 0.2) is 59.4 Å². The minimum atomic E-state index is -0.0773. The minimum absolute atomic E-state index is 0.0773. The normalized spacial score (nSPS) is 13.0. The highest BCUT2D eigenvalue weighted by atomic mass is 35.5. The molecular formula is C21H18ClNO2. The van der Waals surface area contributed by atoms with Crippen molar-refractivity contribution in [2.75, 3.05) is 0 Å². The van der Waals surface area contributed by atoms with Crippen LogP contribution in [-0.2, 0) is 19.4 Å². The summed E-state index contributed by atoms with van der Waals surface area (Å²) in [6.45, 7) is 0.705. The van der Waals surface area contributed by atoms with Gasteiger partial charge >= 0.3 is 0 Å². The molecule has 3 aromatic rings. The standard InChI is InChI=1S/C21H18ClNO2/c22-16-10-8-15(9-11-16)19-18-7-4-12-23(18)21(25)17(20(19)24)13-14-5-2-1-3-6-14/h1-3,5-6,8-11,24H,4,7,12-13H2. The number of fused-ring (bicyclic) bond motifs is 1. The summed E-state index contributed by atoms with van der Waals surface area (Å²) in [5, 5.41) is 11.6. The first kappa shape index (κ1) is 16.0. The molecule has 0 unspecified atom stereocenters. The van der Waals surface area contributed by atoms with Gasteiger partial charge in [-0.15, -0.1) is 0 Å². The number of aromatic hydroxyl groups is 1. The topological polar surface area (TPSA) is 42.2 Å². The van der Waals surface area contributed by atoms with Crippen LogP contribution in [0.2, 0.25) is 5.02 Å². The van der Waals surface area contributed by atoms with Crippen molar-refractivity contribution in [1.82, 2.24) is 4.57 Å². The maximum atomic E-state index is 12.9. The Hall–Kier alpha value is -2.52. The van der Waals surface area contributed by atoms with Crippen LogP contribution >= 0.6 is 11.6 Å². The number of aromatic nitrogens is 1. The number of nitrogens with zero attached hydrogens (tertiary/aromatic N) is 1. The second-order valence-corrected chi connectivity index (χ2v) is 6.81. The third kappa shape index (κ3) is 2.85. The van der Waals surface area contributed by atoms with Crippen molar-refractivity contribution in [2.45, 2.75) is 25.8 Å². The van der Waals surface area contributed by atoms with Crippen molar-refractivity contribution in [2.24, 2.45) is 0 Å². The highest BCUT2D eigenvalue weighted by Gasteiger charge is 2.25. The molecule has 0 saturated heterocycles. The molecule has 0 bridgehead atoms. The second kappa shape index (κ2) is 6.41. The largest absolute Gasteiger partial charge is 0.507 e. The Kier molecular flexibility index (Phi) is 4.10. The lowest BCUT2D eigenvalue weighted by atomic mass is 9.96. The van der Waals surface area contributed by atoms with Gasteiger partial charge in [-0.05, 0) is 36.1 Å². The average Bonchev–Trinajstić information content (AvgIpc) is 3.11. The van der Waals surface area contributed by atoms with Gasteiger partial charge in [-0.3, -0.25) is 4.79 Å². The molecule has 3 nitrogen and oxygen atoms in total. The first-order valence-corrected chi connectivity index (χ1v) is 8.80. The number of rotatable bonds is 3. The first-order valence-electron chi connectivity index (χ1n) is 8.42. The summed E-state index contributed by atoms with van der Waals surface area (Å²) in [4.78, 5) is 12.9. The Balaban J connectivity index is 1.92. The summed E-state index contributed by atoms with van der Waals surface area (Å²) in [6, 6.07) is 17.2. The van der Waals surface area contributed by atoms with Crippen LogP contribution in [0.25, 0.3) is 11.1 Å². The third-order valence-electron chi connectivity index (χ3n) is 4.79. The number of hydrogen-bond acceptors (Lipinski definition) is 2. The maximum absolute atomic E-state index is 12.9. The van der Waals surface area contributed by atoms with Crippen molar-refractivity contribution in [3.05, 3.63) is 86.8 Å². The van der Waals surface area contributed by atoms with E-state index in [4.69, 9.17) is 11.6 Å². The van der Waals surface area contributed by atoms with Crippen LogP contribution in [-0.4, -0.2) is 9.67 Å². The Morgan fingerprint density at radius 3 is 2.48 bits per heavy atom. The van der Waals surface area contributed by atoms with E-state index in [1.54, 1.807) is 0 Å². The zero-order valence-corrected chi connectivity index (χ0v) is 14.5. The molecule has 0 atom stereocenters. The summed E-state index contributed by atoms with van der Waals surface area (Å²) >= 11 is 6.00. The Bertz CT molecular complexity index is 976. The van der Waals surface area contributed by atoms with E-state index in [9.17, 15) is 9.90 Å². The van der Waals surface area contributed by atoms with E-state index < -0.39 is 0 Å². The molecule has 25 heavy (non-hydrogen) atoms. The van der Waals surface area contributed by atoms with Crippen LogP contribution in [0, 0.1) is 0 Å². The number of benzene rings is 2. The average molecular weight is 352 g/mol. The fourth-order valence-electron chi connectivity index (χ4n) is 3.59. The van der Waals surface area contributed by atoms with Crippen LogP contribution < -0.4 is 5.56 Å². The summed E-state index contributed by atoms with van der Waals surface area (Å²) < 4.78 is 1.82. The molecule has 0 radical (unpaired) electrons. The van der Waals surface area contributed by atoms with E-state index in [0.29, 0.717) is 23.6 Å². The molecule has 4 heteroatoms. The molecule has 1 aromatic heterocycles. The monoisotopic (exact) mass is 351 g/mol. The van der Waals surface area contributed by atoms with E-state index in [2.05, 4.69) is 0 Å². The summed E-state index contributed by atoms with van der Waals surface area (Å²) in [5.41, 5.74) is 3.96. The van der Waals surface area contributed by atoms with Crippen LogP contribution in [0.1, 0.15) is 23.2 Å². The predicted octanol–water partition coefficient (Wildman–Crippen LogP) is 4.41. The molecule has 0 fully saturated rings. The third-order valence-corrected chi connectivity index (χ3v) is 5.04. The summed E-state index contributed by atoms with van der Waals surface area (Å²) in [6.07, 6.45) is 2.14. The SMILES string of the molecule is O=c1c(Cc2ccccc2)c(O)c(-c2ccc(Cl)cc2)c2n1CCC2. The molecule has 0 aliphatic carbocycles. The van der Waals surface area contributed by atoms with Gasteiger partial charge in [0.25, 0.3) is 5.56 Å². The van der Waals surface area contributed by atoms with Crippen molar-refractivity contribution in [3.63, 3.8) is 0 Å². The van der Waals surface area contributed by atoms with Crippen molar-refractivity contribution >= 4 is 11.6 Å². The Labute approximate surface area is 151 Å². The Morgan fingerprint density at radius 1 is 1.04 bits per heavy atom. The van der Waals surface area contributed by atoms with Crippen molar-refractivity contribution in [1.29, 1.82) is 0 Å². The highest BCUT2D eigenvalue weighted by molar-refractivity contribution is 6.30. The van der Waals surface area contributed by atoms with Crippen molar-refractivity contribution < 1.29 is 5.11 Å². The van der Waals surface area contributed by atoms with Crippen LogP contribution in [0.4, 0.5) is 0 Å². The maximum Gasteiger partial charge on any atom is 0.258 e. The Morgan fingerprint density at radius 2 is 1.76 bits per heavy atom. The number of pyridine rings is 1. The molecule has 0 amide bonds. The molecular weight excluding hydrogens is 334 g/mol. The lowest BCUT2D eigenvalue weighted by molar-refractivity contribution is 0.466. The van der Waals surface area contributed by atoms with Gasteiger partial charge in [-0.1, -0.05) is 54.1 Å². The molecule has 1 aliphatic rings. The molecule has 1 aliphatic heterocycles. The molecule has 126 valence electrons. The van der Waals surface area contributed by atoms with Gasteiger partial charge in [0.1, 0.15) is 5.75 Å². The molecule has 1 N–H and O–H groups in total. The smallest absolute Gasteiger partial charge is 0.258 e. The van der Waals surface area contributed by atoms with Gasteiger partial charge in [0.05, 0.1) is 5.56 Å². The van der Waals surface area contributed by atoms with E-state index in [1.807, 2.05) is 59.2 Å². The fraction of sp³-hybridized carbons (Fsp3) is 0.190. The van der Waals surface area contributed by atoms with Gasteiger partial charge < -0.3 is 9.67 Å². The van der Waals surface area contributed by atoms with Crippen LogP contribution in [0.3, 0.4) is 0 Å². The lowest BCUT2D eigenvalue weighted by Crippen LogP contribution is -2.24. The summed E-state index contributed by atoms with van der Waals surface area (Å²) in [5.74, 6) is 0.101. The van der Waals surface area contributed by atoms with Crippen LogP contribution in [0.5, 0.6) is 5.75 Å². The number of halogens is 1. The zero-order valence-electron chi connectivity index (χ0n) is 13.7. The van der Waals surface area contributed by atoms with E-state index >= 15 is 0 Å². The fourth-order valence-corrected chi connectivity index (χ4v) is 3.72. The summed E-state index contributed by atoms with van der Waals surface area (Å²) in [7, 11) is 0. The van der Waals surface area contributed by atoms with Gasteiger partial charge in [0.15, 0.2) is 0 Å². The van der Waals surface area contributed by atoms with Gasteiger partial charge in [0.2, 0.25) is 0 Å². The lowest BCUT2D eigenvalue weighted by Gasteiger charge is -2.16. The molecule has 0 saturated carbocycles. The van der Waals surface area contributed by atoms with Gasteiger partial charge in [-0.25, -0.2) is 0 Å². The minimum Gasteiger partial charge on any atom is -0.507 e. The highest BCUT2D eigenvalue weighted by Crippen LogP contribution is 2.37. The molecule has 0 spiro atoms. The number of hydrogen-bond donors (Lipinski definition) is 1. The van der Waals surface area contributed by atoms with Gasteiger partial charge in [0, 0.05) is 29.2 Å². The van der Waals surface area contributed by atoms with E-state index in [-0.39, 0.29) is 11.3 Å². The molecule has 2 heterocycles. The quantitative estimate of drug-likeness (QED) is 0.759. The van der Waals surface area contributed by atoms with E-state index in [1.165, 1.54) is 0 Å². The second-order valence-electron chi connectivity index (χ2n) is 6.38. The van der Waals surface area contributed by atoms with Gasteiger partial charge in [-0.2, -0.15) is 0 Å². The molecule has 2 aromatic carbocycles. The van der Waals surface area contributed by atoms with Crippen molar-refractivity contribution in [3.8, 4) is 16.9 Å². The zero-order chi connectivity index (χ0) is 17.4. The first-order chi connectivity index (χ1) is 12.1. The molecule has 4 rings (SSSR count).